The van der Waals surface area contributed by atoms with Crippen LogP contribution in [0.4, 0.5) is 0 Å². The maximum absolute atomic E-state index is 11.1. The Balaban J connectivity index is 2.65. The SMILES string of the molecule is C=CC(=O)Oc1cnc(OC(=O)C(=C)C)[nH]1. The zero-order chi connectivity index (χ0) is 12.1. The van der Waals surface area contributed by atoms with Crippen LogP contribution in [-0.2, 0) is 9.59 Å². The zero-order valence-corrected chi connectivity index (χ0v) is 8.65. The highest BCUT2D eigenvalue weighted by Gasteiger charge is 2.10. The van der Waals surface area contributed by atoms with Gasteiger partial charge in [-0.1, -0.05) is 13.2 Å². The quantitative estimate of drug-likeness (QED) is 0.606. The molecule has 84 valence electrons. The molecular weight excluding hydrogens is 212 g/mol. The van der Waals surface area contributed by atoms with Crippen molar-refractivity contribution in [1.82, 2.24) is 9.97 Å². The Morgan fingerprint density at radius 1 is 1.50 bits per heavy atom. The van der Waals surface area contributed by atoms with Gasteiger partial charge in [-0.3, -0.25) is 4.98 Å². The van der Waals surface area contributed by atoms with E-state index in [9.17, 15) is 9.59 Å². The highest BCUT2D eigenvalue weighted by molar-refractivity contribution is 5.88. The normalized spacial score (nSPS) is 9.31. The van der Waals surface area contributed by atoms with Crippen molar-refractivity contribution in [1.29, 1.82) is 0 Å². The van der Waals surface area contributed by atoms with Gasteiger partial charge in [0.25, 0.3) is 0 Å². The third-order valence-electron chi connectivity index (χ3n) is 1.44. The Kier molecular flexibility index (Phi) is 3.60. The van der Waals surface area contributed by atoms with Crippen LogP contribution in [0.3, 0.4) is 0 Å². The minimum atomic E-state index is -0.638. The lowest BCUT2D eigenvalue weighted by molar-refractivity contribution is -0.130. The number of aromatic nitrogens is 2. The highest BCUT2D eigenvalue weighted by Crippen LogP contribution is 2.13. The molecule has 0 aliphatic rings. The van der Waals surface area contributed by atoms with Crippen LogP contribution in [0, 0.1) is 0 Å². The Bertz CT molecular complexity index is 447. The van der Waals surface area contributed by atoms with Crippen LogP contribution in [0.2, 0.25) is 0 Å². The number of H-pyrrole nitrogens is 1. The molecule has 1 heterocycles. The number of hydrogen-bond acceptors (Lipinski definition) is 5. The average molecular weight is 222 g/mol. The van der Waals surface area contributed by atoms with Crippen molar-refractivity contribution in [3.05, 3.63) is 31.0 Å². The van der Waals surface area contributed by atoms with Gasteiger partial charge in [-0.25, -0.2) is 9.59 Å². The molecule has 0 aliphatic heterocycles. The highest BCUT2D eigenvalue weighted by atomic mass is 16.6. The topological polar surface area (TPSA) is 81.3 Å². The van der Waals surface area contributed by atoms with Crippen LogP contribution >= 0.6 is 0 Å². The molecule has 0 spiro atoms. The summed E-state index contributed by atoms with van der Waals surface area (Å²) in [5, 5.41) is 0. The van der Waals surface area contributed by atoms with Gasteiger partial charge >= 0.3 is 17.9 Å². The lowest BCUT2D eigenvalue weighted by Gasteiger charge is -1.98. The molecule has 1 N–H and O–H groups in total. The van der Waals surface area contributed by atoms with E-state index in [2.05, 4.69) is 23.1 Å². The van der Waals surface area contributed by atoms with E-state index in [1.807, 2.05) is 0 Å². The van der Waals surface area contributed by atoms with Crippen LogP contribution in [0.15, 0.2) is 31.0 Å². The summed E-state index contributed by atoms with van der Waals surface area (Å²) in [6, 6.07) is -0.0696. The number of imidazole rings is 1. The van der Waals surface area contributed by atoms with E-state index < -0.39 is 11.9 Å². The summed E-state index contributed by atoms with van der Waals surface area (Å²) in [7, 11) is 0. The van der Waals surface area contributed by atoms with Gasteiger partial charge in [0.1, 0.15) is 0 Å². The number of hydrogen-bond donors (Lipinski definition) is 1. The summed E-state index contributed by atoms with van der Waals surface area (Å²) in [4.78, 5) is 28.1. The zero-order valence-electron chi connectivity index (χ0n) is 8.65. The van der Waals surface area contributed by atoms with Gasteiger partial charge in [0.2, 0.25) is 5.88 Å². The van der Waals surface area contributed by atoms with E-state index >= 15 is 0 Å². The van der Waals surface area contributed by atoms with E-state index in [1.165, 1.54) is 13.1 Å². The third kappa shape index (κ3) is 3.09. The lowest BCUT2D eigenvalue weighted by atomic mass is 10.4. The van der Waals surface area contributed by atoms with Crippen molar-refractivity contribution in [3.8, 4) is 11.9 Å². The molecule has 0 unspecified atom stereocenters. The van der Waals surface area contributed by atoms with Crippen LogP contribution < -0.4 is 9.47 Å². The van der Waals surface area contributed by atoms with Crippen molar-refractivity contribution in [2.45, 2.75) is 6.92 Å². The molecule has 1 aromatic heterocycles. The molecule has 6 heteroatoms. The molecule has 0 aliphatic carbocycles. The van der Waals surface area contributed by atoms with Crippen molar-refractivity contribution in [2.75, 3.05) is 0 Å². The van der Waals surface area contributed by atoms with Crippen molar-refractivity contribution in [2.24, 2.45) is 0 Å². The van der Waals surface area contributed by atoms with Crippen LogP contribution in [0.5, 0.6) is 11.9 Å². The number of ether oxygens (including phenoxy) is 2. The molecule has 0 fully saturated rings. The van der Waals surface area contributed by atoms with Crippen LogP contribution in [0.1, 0.15) is 6.92 Å². The molecule has 0 aromatic carbocycles. The van der Waals surface area contributed by atoms with Gasteiger partial charge < -0.3 is 9.47 Å². The molecule has 0 saturated carbocycles. The number of carbonyl (C=O) groups excluding carboxylic acids is 2. The first-order valence-electron chi connectivity index (χ1n) is 4.30. The van der Waals surface area contributed by atoms with Gasteiger partial charge in [0, 0.05) is 11.6 Å². The fourth-order valence-electron chi connectivity index (χ4n) is 0.716. The maximum atomic E-state index is 11.1. The summed E-state index contributed by atoms with van der Waals surface area (Å²) < 4.78 is 9.45. The van der Waals surface area contributed by atoms with E-state index in [0.717, 1.165) is 6.08 Å². The van der Waals surface area contributed by atoms with Crippen molar-refractivity contribution < 1.29 is 19.1 Å². The number of rotatable bonds is 4. The molecule has 0 saturated heterocycles. The van der Waals surface area contributed by atoms with Gasteiger partial charge in [-0.15, -0.1) is 0 Å². The molecule has 16 heavy (non-hydrogen) atoms. The molecule has 0 amide bonds. The van der Waals surface area contributed by atoms with E-state index in [4.69, 9.17) is 9.47 Å². The van der Waals surface area contributed by atoms with Crippen LogP contribution in [-0.4, -0.2) is 21.9 Å². The number of esters is 2. The first-order valence-corrected chi connectivity index (χ1v) is 4.30. The first kappa shape index (κ1) is 11.7. The standard InChI is InChI=1S/C10H10N2O4/c1-4-8(13)15-7-5-11-10(12-7)16-9(14)6(2)3/h4-5H,1-2H2,3H3,(H,11,12). The fraction of sp³-hybridized carbons (Fsp3) is 0.100. The molecule has 1 rings (SSSR count). The molecule has 0 bridgehead atoms. The van der Waals surface area contributed by atoms with Gasteiger partial charge in [-0.05, 0) is 6.92 Å². The number of carbonyl (C=O) groups is 2. The minimum absolute atomic E-state index is 0.0643. The van der Waals surface area contributed by atoms with Gasteiger partial charge in [-0.2, -0.15) is 4.98 Å². The molecule has 6 nitrogen and oxygen atoms in total. The number of nitrogens with zero attached hydrogens (tertiary/aromatic N) is 1. The summed E-state index contributed by atoms with van der Waals surface area (Å²) >= 11 is 0. The molecule has 0 atom stereocenters. The fourth-order valence-corrected chi connectivity index (χ4v) is 0.716. The number of nitrogens with one attached hydrogen (secondary N) is 1. The average Bonchev–Trinajstić information content (AvgIpc) is 2.65. The number of aromatic amines is 1. The third-order valence-corrected chi connectivity index (χ3v) is 1.44. The Labute approximate surface area is 91.6 Å². The molecule has 1 aromatic rings. The summed E-state index contributed by atoms with van der Waals surface area (Å²) in [6.45, 7) is 8.14. The maximum Gasteiger partial charge on any atom is 0.340 e. The van der Waals surface area contributed by atoms with E-state index in [-0.39, 0.29) is 17.5 Å². The largest absolute Gasteiger partial charge is 0.405 e. The lowest BCUT2D eigenvalue weighted by Crippen LogP contribution is -2.09. The van der Waals surface area contributed by atoms with Gasteiger partial charge in [0.05, 0.1) is 6.20 Å². The predicted octanol–water partition coefficient (Wildman–Crippen LogP) is 0.983. The van der Waals surface area contributed by atoms with Crippen LogP contribution in [0.25, 0.3) is 0 Å². The minimum Gasteiger partial charge on any atom is -0.405 e. The Morgan fingerprint density at radius 3 is 2.75 bits per heavy atom. The Hall–Kier alpha value is -2.37. The monoisotopic (exact) mass is 222 g/mol. The second kappa shape index (κ2) is 4.92. The first-order chi connectivity index (χ1) is 7.52. The van der Waals surface area contributed by atoms with E-state index in [0.29, 0.717) is 0 Å². The smallest absolute Gasteiger partial charge is 0.340 e. The molecule has 0 radical (unpaired) electrons. The predicted molar refractivity (Wildman–Crippen MR) is 54.9 cm³/mol. The van der Waals surface area contributed by atoms with Gasteiger partial charge in [0.15, 0.2) is 0 Å². The van der Waals surface area contributed by atoms with E-state index in [1.54, 1.807) is 0 Å². The summed E-state index contributed by atoms with van der Waals surface area (Å²) in [5.41, 5.74) is 0.237. The Morgan fingerprint density at radius 2 is 2.19 bits per heavy atom. The summed E-state index contributed by atoms with van der Waals surface area (Å²) in [6.07, 6.45) is 2.21. The summed E-state index contributed by atoms with van der Waals surface area (Å²) in [5.74, 6) is -1.19. The van der Waals surface area contributed by atoms with Crippen molar-refractivity contribution in [3.63, 3.8) is 0 Å². The molecular formula is C10H10N2O4. The second-order valence-corrected chi connectivity index (χ2v) is 2.85. The second-order valence-electron chi connectivity index (χ2n) is 2.85. The van der Waals surface area contributed by atoms with Crippen molar-refractivity contribution >= 4 is 11.9 Å².